The lowest BCUT2D eigenvalue weighted by atomic mass is 10.3. The molecular weight excluding hydrogens is 180 g/mol. The molecule has 74 valence electrons. The highest BCUT2D eigenvalue weighted by Crippen LogP contribution is 2.08. The van der Waals surface area contributed by atoms with Crippen molar-refractivity contribution in [3.8, 4) is 6.07 Å². The SMILES string of the molecule is Cc1ccc(C#N)n1CCCC(=O)O. The van der Waals surface area contributed by atoms with Crippen LogP contribution in [0.15, 0.2) is 12.1 Å². The van der Waals surface area contributed by atoms with Crippen molar-refractivity contribution in [1.29, 1.82) is 5.26 Å². The summed E-state index contributed by atoms with van der Waals surface area (Å²) < 4.78 is 1.84. The highest BCUT2D eigenvalue weighted by Gasteiger charge is 2.04. The van der Waals surface area contributed by atoms with Crippen molar-refractivity contribution in [2.24, 2.45) is 0 Å². The first kappa shape index (κ1) is 10.3. The first-order valence-electron chi connectivity index (χ1n) is 4.43. The summed E-state index contributed by atoms with van der Waals surface area (Å²) in [7, 11) is 0. The van der Waals surface area contributed by atoms with Crippen molar-refractivity contribution >= 4 is 5.97 Å². The molecule has 0 aliphatic heterocycles. The van der Waals surface area contributed by atoms with Gasteiger partial charge in [0.25, 0.3) is 0 Å². The molecule has 0 aliphatic rings. The maximum atomic E-state index is 10.3. The fraction of sp³-hybridized carbons (Fsp3) is 0.400. The zero-order valence-corrected chi connectivity index (χ0v) is 8.03. The summed E-state index contributed by atoms with van der Waals surface area (Å²) in [6, 6.07) is 5.68. The Bertz CT molecular complexity index is 374. The minimum Gasteiger partial charge on any atom is -0.481 e. The number of hydrogen-bond acceptors (Lipinski definition) is 2. The molecule has 4 nitrogen and oxygen atoms in total. The average molecular weight is 192 g/mol. The zero-order valence-electron chi connectivity index (χ0n) is 8.03. The standard InChI is InChI=1S/C10H12N2O2/c1-8-4-5-9(7-11)12(8)6-2-3-10(13)14/h4-5H,2-3,6H2,1H3,(H,13,14). The molecular formula is C10H12N2O2. The summed E-state index contributed by atoms with van der Waals surface area (Å²) in [5.41, 5.74) is 1.58. The predicted molar refractivity (Wildman–Crippen MR) is 50.8 cm³/mol. The Kier molecular flexibility index (Phi) is 3.29. The Morgan fingerprint density at radius 2 is 2.36 bits per heavy atom. The summed E-state index contributed by atoms with van der Waals surface area (Å²) in [4.78, 5) is 10.3. The van der Waals surface area contributed by atoms with Crippen LogP contribution in [-0.2, 0) is 11.3 Å². The van der Waals surface area contributed by atoms with E-state index in [0.717, 1.165) is 5.69 Å². The summed E-state index contributed by atoms with van der Waals surface area (Å²) >= 11 is 0. The first-order valence-corrected chi connectivity index (χ1v) is 4.43. The molecule has 0 atom stereocenters. The fourth-order valence-electron chi connectivity index (χ4n) is 1.35. The third-order valence-corrected chi connectivity index (χ3v) is 2.09. The van der Waals surface area contributed by atoms with Crippen LogP contribution in [0.25, 0.3) is 0 Å². The van der Waals surface area contributed by atoms with Gasteiger partial charge >= 0.3 is 5.97 Å². The second-order valence-corrected chi connectivity index (χ2v) is 3.12. The van der Waals surface area contributed by atoms with Gasteiger partial charge in [-0.25, -0.2) is 0 Å². The molecule has 1 rings (SSSR count). The van der Waals surface area contributed by atoms with Crippen LogP contribution >= 0.6 is 0 Å². The Morgan fingerprint density at radius 3 is 2.93 bits per heavy atom. The van der Waals surface area contributed by atoms with Crippen LogP contribution in [0.5, 0.6) is 0 Å². The third-order valence-electron chi connectivity index (χ3n) is 2.09. The van der Waals surface area contributed by atoms with Gasteiger partial charge in [-0.3, -0.25) is 4.79 Å². The van der Waals surface area contributed by atoms with Gasteiger partial charge in [0, 0.05) is 18.7 Å². The number of aromatic nitrogens is 1. The van der Waals surface area contributed by atoms with Crippen LogP contribution < -0.4 is 0 Å². The largest absolute Gasteiger partial charge is 0.481 e. The summed E-state index contributed by atoms with van der Waals surface area (Å²) in [6.45, 7) is 2.50. The number of carboxylic acid groups (broad SMARTS) is 1. The number of hydrogen-bond donors (Lipinski definition) is 1. The Morgan fingerprint density at radius 1 is 1.64 bits per heavy atom. The van der Waals surface area contributed by atoms with Crippen molar-refractivity contribution in [3.05, 3.63) is 23.5 Å². The van der Waals surface area contributed by atoms with E-state index >= 15 is 0 Å². The van der Waals surface area contributed by atoms with Crippen LogP contribution in [-0.4, -0.2) is 15.6 Å². The van der Waals surface area contributed by atoms with E-state index in [0.29, 0.717) is 18.7 Å². The van der Waals surface area contributed by atoms with Crippen molar-refractivity contribution < 1.29 is 9.90 Å². The highest BCUT2D eigenvalue weighted by atomic mass is 16.4. The number of nitriles is 1. The number of rotatable bonds is 4. The minimum absolute atomic E-state index is 0.141. The summed E-state index contributed by atoms with van der Waals surface area (Å²) in [5.74, 6) is -0.798. The van der Waals surface area contributed by atoms with Crippen molar-refractivity contribution in [2.45, 2.75) is 26.3 Å². The lowest BCUT2D eigenvalue weighted by Gasteiger charge is -2.05. The Hall–Kier alpha value is -1.76. The summed E-state index contributed by atoms with van der Waals surface area (Å²) in [6.07, 6.45) is 0.696. The van der Waals surface area contributed by atoms with Gasteiger partial charge in [-0.1, -0.05) is 0 Å². The van der Waals surface area contributed by atoms with Crippen LogP contribution in [0, 0.1) is 18.3 Å². The highest BCUT2D eigenvalue weighted by molar-refractivity contribution is 5.66. The van der Waals surface area contributed by atoms with E-state index in [4.69, 9.17) is 10.4 Å². The van der Waals surface area contributed by atoms with E-state index < -0.39 is 5.97 Å². The van der Waals surface area contributed by atoms with E-state index in [2.05, 4.69) is 6.07 Å². The monoisotopic (exact) mass is 192 g/mol. The molecule has 0 bridgehead atoms. The molecule has 1 aromatic rings. The van der Waals surface area contributed by atoms with Crippen LogP contribution in [0.2, 0.25) is 0 Å². The molecule has 0 saturated heterocycles. The maximum absolute atomic E-state index is 10.3. The van der Waals surface area contributed by atoms with Gasteiger partial charge in [0.2, 0.25) is 0 Å². The van der Waals surface area contributed by atoms with Crippen molar-refractivity contribution in [2.75, 3.05) is 0 Å². The molecule has 1 N–H and O–H groups in total. The van der Waals surface area contributed by atoms with Gasteiger partial charge < -0.3 is 9.67 Å². The first-order chi connectivity index (χ1) is 6.65. The maximum Gasteiger partial charge on any atom is 0.303 e. The molecule has 14 heavy (non-hydrogen) atoms. The van der Waals surface area contributed by atoms with Gasteiger partial charge in [0.1, 0.15) is 11.8 Å². The fourth-order valence-corrected chi connectivity index (χ4v) is 1.35. The van der Waals surface area contributed by atoms with E-state index in [-0.39, 0.29) is 6.42 Å². The van der Waals surface area contributed by atoms with E-state index in [1.165, 1.54) is 0 Å². The number of aliphatic carboxylic acids is 1. The molecule has 1 aromatic heterocycles. The van der Waals surface area contributed by atoms with Crippen LogP contribution in [0.1, 0.15) is 24.2 Å². The van der Waals surface area contributed by atoms with E-state index in [9.17, 15) is 4.79 Å². The number of aryl methyl sites for hydroxylation is 1. The average Bonchev–Trinajstić information content (AvgIpc) is 2.47. The topological polar surface area (TPSA) is 66.0 Å². The van der Waals surface area contributed by atoms with Gasteiger partial charge in [0.05, 0.1) is 0 Å². The molecule has 0 aromatic carbocycles. The number of carboxylic acids is 1. The van der Waals surface area contributed by atoms with Gasteiger partial charge in [-0.15, -0.1) is 0 Å². The minimum atomic E-state index is -0.798. The molecule has 0 radical (unpaired) electrons. The van der Waals surface area contributed by atoms with Crippen LogP contribution in [0.4, 0.5) is 0 Å². The van der Waals surface area contributed by atoms with Crippen molar-refractivity contribution in [3.63, 3.8) is 0 Å². The number of nitrogens with zero attached hydrogens (tertiary/aromatic N) is 2. The molecule has 0 spiro atoms. The van der Waals surface area contributed by atoms with Gasteiger partial charge in [-0.2, -0.15) is 5.26 Å². The molecule has 4 heteroatoms. The van der Waals surface area contributed by atoms with E-state index in [1.807, 2.05) is 17.6 Å². The normalized spacial score (nSPS) is 9.71. The lowest BCUT2D eigenvalue weighted by Crippen LogP contribution is -2.05. The molecule has 0 fully saturated rings. The predicted octanol–water partition coefficient (Wildman–Crippen LogP) is 1.53. The molecule has 1 heterocycles. The molecule has 0 saturated carbocycles. The number of carbonyl (C=O) groups is 1. The van der Waals surface area contributed by atoms with Gasteiger partial charge in [-0.05, 0) is 25.5 Å². The van der Waals surface area contributed by atoms with E-state index in [1.54, 1.807) is 6.07 Å². The Labute approximate surface area is 82.4 Å². The quantitative estimate of drug-likeness (QED) is 0.786. The summed E-state index contributed by atoms with van der Waals surface area (Å²) in [5, 5.41) is 17.2. The molecule has 0 amide bonds. The molecule has 0 unspecified atom stereocenters. The van der Waals surface area contributed by atoms with Gasteiger partial charge in [0.15, 0.2) is 0 Å². The second-order valence-electron chi connectivity index (χ2n) is 3.12. The zero-order chi connectivity index (χ0) is 10.6. The smallest absolute Gasteiger partial charge is 0.303 e. The van der Waals surface area contributed by atoms with Crippen LogP contribution in [0.3, 0.4) is 0 Å². The third kappa shape index (κ3) is 2.36. The Balaban J connectivity index is 2.62. The van der Waals surface area contributed by atoms with Crippen molar-refractivity contribution in [1.82, 2.24) is 4.57 Å². The second kappa shape index (κ2) is 4.47. The lowest BCUT2D eigenvalue weighted by molar-refractivity contribution is -0.137. The molecule has 0 aliphatic carbocycles.